The maximum atomic E-state index is 13.3. The van der Waals surface area contributed by atoms with Crippen LogP contribution >= 0.6 is 0 Å². The van der Waals surface area contributed by atoms with E-state index in [1.54, 1.807) is 6.07 Å². The van der Waals surface area contributed by atoms with E-state index < -0.39 is 11.7 Å². The summed E-state index contributed by atoms with van der Waals surface area (Å²) in [6, 6.07) is 11.3. The molecule has 6 heteroatoms. The van der Waals surface area contributed by atoms with Crippen molar-refractivity contribution in [2.75, 3.05) is 39.5 Å². The van der Waals surface area contributed by atoms with E-state index in [0.717, 1.165) is 62.2 Å². The lowest BCUT2D eigenvalue weighted by atomic mass is 9.69. The number of fused-ring (bicyclic) bond motifs is 3. The van der Waals surface area contributed by atoms with Gasteiger partial charge in [0.05, 0.1) is 13.2 Å². The average Bonchev–Trinajstić information content (AvgIpc) is 3.18. The molecule has 0 spiro atoms. The van der Waals surface area contributed by atoms with Crippen molar-refractivity contribution >= 4 is 22.5 Å². The number of amides is 1. The first kappa shape index (κ1) is 23.3. The minimum atomic E-state index is -0.499. The molecule has 1 aliphatic heterocycles. The van der Waals surface area contributed by atoms with Crippen LogP contribution < -0.4 is 10.1 Å². The largest absolute Gasteiger partial charge is 0.492 e. The Morgan fingerprint density at radius 2 is 1.82 bits per heavy atom. The van der Waals surface area contributed by atoms with E-state index in [9.17, 15) is 9.59 Å². The van der Waals surface area contributed by atoms with Crippen LogP contribution in [0.3, 0.4) is 0 Å². The summed E-state index contributed by atoms with van der Waals surface area (Å²) in [5.74, 6) is 0.372. The van der Waals surface area contributed by atoms with Gasteiger partial charge in [0.1, 0.15) is 12.4 Å². The number of nitrogens with zero attached hydrogens (tertiary/aromatic N) is 1. The van der Waals surface area contributed by atoms with Gasteiger partial charge in [0.25, 0.3) is 11.7 Å². The number of morpholine rings is 1. The van der Waals surface area contributed by atoms with E-state index in [2.05, 4.69) is 31.0 Å². The Balaban J connectivity index is 1.30. The molecule has 0 aromatic heterocycles. The third-order valence-electron chi connectivity index (χ3n) is 9.20. The number of rotatable bonds is 7. The van der Waals surface area contributed by atoms with Gasteiger partial charge in [0, 0.05) is 36.6 Å². The maximum absolute atomic E-state index is 13.3. The third kappa shape index (κ3) is 3.91. The molecule has 1 N–H and O–H groups in total. The highest BCUT2D eigenvalue weighted by Gasteiger charge is 2.61. The summed E-state index contributed by atoms with van der Waals surface area (Å²) in [5, 5.41) is 4.73. The standard InChI is InChI=1S/C28H36N2O4/c1-27(2)19-10-11-28(27,3)24(18-19)29-26(32)25(31)22-8-9-23(21-7-5-4-6-20(21)22)34-17-14-30-12-15-33-16-13-30/h4-9,19,24H,10-18H2,1-3H3,(H,29,32)/t19-,24+,28+/m1/s1. The van der Waals surface area contributed by atoms with Crippen LogP contribution in [0.4, 0.5) is 0 Å². The zero-order valence-electron chi connectivity index (χ0n) is 20.6. The molecule has 2 aromatic carbocycles. The molecule has 0 unspecified atom stereocenters. The van der Waals surface area contributed by atoms with Gasteiger partial charge in [-0.3, -0.25) is 14.5 Å². The molecule has 3 atom stereocenters. The fourth-order valence-corrected chi connectivity index (χ4v) is 6.47. The molecule has 0 radical (unpaired) electrons. The van der Waals surface area contributed by atoms with E-state index in [1.165, 1.54) is 6.42 Å². The molecule has 2 saturated carbocycles. The highest BCUT2D eigenvalue weighted by Crippen LogP contribution is 2.65. The predicted molar refractivity (Wildman–Crippen MR) is 132 cm³/mol. The van der Waals surface area contributed by atoms with Crippen LogP contribution in [-0.4, -0.2) is 62.1 Å². The van der Waals surface area contributed by atoms with Crippen molar-refractivity contribution in [3.05, 3.63) is 42.0 Å². The van der Waals surface area contributed by atoms with E-state index in [1.807, 2.05) is 30.3 Å². The van der Waals surface area contributed by atoms with Gasteiger partial charge in [0.15, 0.2) is 0 Å². The highest BCUT2D eigenvalue weighted by molar-refractivity contribution is 6.45. The average molecular weight is 465 g/mol. The molecule has 1 amide bonds. The Bertz CT molecular complexity index is 1090. The summed E-state index contributed by atoms with van der Waals surface area (Å²) >= 11 is 0. The summed E-state index contributed by atoms with van der Waals surface area (Å²) in [6.07, 6.45) is 3.27. The Hall–Kier alpha value is -2.44. The Kier molecular flexibility index (Phi) is 6.15. The van der Waals surface area contributed by atoms with Crippen molar-refractivity contribution in [2.45, 2.75) is 46.1 Å². The minimum absolute atomic E-state index is 0.0356. The molecule has 3 fully saturated rings. The second-order valence-corrected chi connectivity index (χ2v) is 10.9. The number of nitrogens with one attached hydrogen (secondary N) is 1. The summed E-state index contributed by atoms with van der Waals surface area (Å²) in [7, 11) is 0. The normalized spacial score (nSPS) is 28.2. The SMILES string of the molecule is CC1(C)[C@@H]2CC[C@@]1(C)[C@@H](NC(=O)C(=O)c1ccc(OCCN3CCOCC3)c3ccccc13)C2. The Morgan fingerprint density at radius 3 is 2.50 bits per heavy atom. The molecule has 2 aromatic rings. The number of carbonyl (C=O) groups is 2. The maximum Gasteiger partial charge on any atom is 0.292 e. The summed E-state index contributed by atoms with van der Waals surface area (Å²) in [6.45, 7) is 11.7. The zero-order chi connectivity index (χ0) is 23.9. The lowest BCUT2D eigenvalue weighted by molar-refractivity contribution is -0.118. The monoisotopic (exact) mass is 464 g/mol. The van der Waals surface area contributed by atoms with Crippen LogP contribution in [0.1, 0.15) is 50.4 Å². The number of ether oxygens (including phenoxy) is 2. The van der Waals surface area contributed by atoms with Crippen molar-refractivity contribution < 1.29 is 19.1 Å². The number of hydrogen-bond acceptors (Lipinski definition) is 5. The van der Waals surface area contributed by atoms with Gasteiger partial charge < -0.3 is 14.8 Å². The molecule has 3 aliphatic rings. The first-order chi connectivity index (χ1) is 16.3. The van der Waals surface area contributed by atoms with Crippen molar-refractivity contribution in [3.63, 3.8) is 0 Å². The van der Waals surface area contributed by atoms with Crippen LogP contribution in [0.5, 0.6) is 5.75 Å². The fourth-order valence-electron chi connectivity index (χ4n) is 6.47. The van der Waals surface area contributed by atoms with Gasteiger partial charge in [0.2, 0.25) is 0 Å². The van der Waals surface area contributed by atoms with Crippen molar-refractivity contribution in [2.24, 2.45) is 16.7 Å². The van der Waals surface area contributed by atoms with E-state index in [-0.39, 0.29) is 16.9 Å². The van der Waals surface area contributed by atoms with Crippen LogP contribution in [-0.2, 0) is 9.53 Å². The van der Waals surface area contributed by atoms with Crippen LogP contribution in [0, 0.1) is 16.7 Å². The van der Waals surface area contributed by atoms with Gasteiger partial charge in [-0.25, -0.2) is 0 Å². The quantitative estimate of drug-likeness (QED) is 0.494. The molecule has 1 heterocycles. The molecule has 1 saturated heterocycles. The van der Waals surface area contributed by atoms with Crippen molar-refractivity contribution in [1.29, 1.82) is 0 Å². The van der Waals surface area contributed by atoms with Gasteiger partial charge in [-0.15, -0.1) is 0 Å². The smallest absolute Gasteiger partial charge is 0.292 e. The minimum Gasteiger partial charge on any atom is -0.492 e. The lowest BCUT2D eigenvalue weighted by Gasteiger charge is -2.39. The van der Waals surface area contributed by atoms with Gasteiger partial charge in [-0.2, -0.15) is 0 Å². The second-order valence-electron chi connectivity index (χ2n) is 10.9. The molecule has 2 bridgehead atoms. The van der Waals surface area contributed by atoms with Crippen LogP contribution in [0.2, 0.25) is 0 Å². The second kappa shape index (κ2) is 8.97. The number of Topliss-reactive ketones (excluding diaryl/α,β-unsaturated/α-hetero) is 1. The summed E-state index contributed by atoms with van der Waals surface area (Å²) in [5.41, 5.74) is 0.649. The molecular weight excluding hydrogens is 428 g/mol. The van der Waals surface area contributed by atoms with Crippen LogP contribution in [0.25, 0.3) is 10.8 Å². The van der Waals surface area contributed by atoms with E-state index in [0.29, 0.717) is 18.1 Å². The lowest BCUT2D eigenvalue weighted by Crippen LogP contribution is -2.48. The predicted octanol–water partition coefficient (Wildman–Crippen LogP) is 4.06. The van der Waals surface area contributed by atoms with Crippen molar-refractivity contribution in [3.8, 4) is 5.75 Å². The molecule has 2 aliphatic carbocycles. The first-order valence-electron chi connectivity index (χ1n) is 12.6. The van der Waals surface area contributed by atoms with E-state index in [4.69, 9.17) is 9.47 Å². The topological polar surface area (TPSA) is 67.9 Å². The molecule has 6 nitrogen and oxygen atoms in total. The first-order valence-corrected chi connectivity index (χ1v) is 12.6. The van der Waals surface area contributed by atoms with Gasteiger partial charge >= 0.3 is 0 Å². The molecule has 34 heavy (non-hydrogen) atoms. The van der Waals surface area contributed by atoms with Crippen molar-refractivity contribution in [1.82, 2.24) is 10.2 Å². The fraction of sp³-hybridized carbons (Fsp3) is 0.571. The molecular formula is C28H36N2O4. The molecule has 5 rings (SSSR count). The number of benzene rings is 2. The zero-order valence-corrected chi connectivity index (χ0v) is 20.6. The van der Waals surface area contributed by atoms with Gasteiger partial charge in [-0.1, -0.05) is 45.0 Å². The number of ketones is 1. The number of carbonyl (C=O) groups excluding carboxylic acids is 2. The summed E-state index contributed by atoms with van der Waals surface area (Å²) in [4.78, 5) is 28.7. The van der Waals surface area contributed by atoms with E-state index >= 15 is 0 Å². The molecule has 182 valence electrons. The van der Waals surface area contributed by atoms with Gasteiger partial charge in [-0.05, 0) is 53.5 Å². The highest BCUT2D eigenvalue weighted by atomic mass is 16.5. The Morgan fingerprint density at radius 1 is 1.09 bits per heavy atom. The third-order valence-corrected chi connectivity index (χ3v) is 9.20. The van der Waals surface area contributed by atoms with Crippen LogP contribution in [0.15, 0.2) is 36.4 Å². The number of hydrogen-bond donors (Lipinski definition) is 1. The summed E-state index contributed by atoms with van der Waals surface area (Å²) < 4.78 is 11.5. The Labute approximate surface area is 202 Å².